The van der Waals surface area contributed by atoms with Gasteiger partial charge in [-0.15, -0.1) is 11.3 Å². The van der Waals surface area contributed by atoms with Gasteiger partial charge >= 0.3 is 0 Å². The molecule has 0 aliphatic carbocycles. The summed E-state index contributed by atoms with van der Waals surface area (Å²) in [5.41, 5.74) is 0.692. The van der Waals surface area contributed by atoms with Gasteiger partial charge in [-0.1, -0.05) is 0 Å². The Balaban J connectivity index is 2.08. The third-order valence-corrected chi connectivity index (χ3v) is 4.21. The van der Waals surface area contributed by atoms with Crippen LogP contribution in [0.2, 0.25) is 0 Å². The molecule has 0 N–H and O–H groups in total. The number of hydrogen-bond acceptors (Lipinski definition) is 5. The van der Waals surface area contributed by atoms with Crippen LogP contribution in [0.25, 0.3) is 12.2 Å². The number of ketones is 1. The van der Waals surface area contributed by atoms with E-state index < -0.39 is 0 Å². The predicted octanol–water partition coefficient (Wildman–Crippen LogP) is 0.266. The monoisotopic (exact) mass is 315 g/mol. The van der Waals surface area contributed by atoms with Crippen molar-refractivity contribution >= 4 is 29.3 Å². The molecular weight excluding hydrogens is 302 g/mol. The van der Waals surface area contributed by atoms with E-state index in [1.54, 1.807) is 36.1 Å². The molecule has 3 rings (SSSR count). The lowest BCUT2D eigenvalue weighted by molar-refractivity contribution is 0.103. The largest absolute Gasteiger partial charge is 0.461 e. The molecule has 112 valence electrons. The predicted molar refractivity (Wildman–Crippen MR) is 83.1 cm³/mol. The molecule has 0 aliphatic heterocycles. The zero-order valence-corrected chi connectivity index (χ0v) is 12.8. The van der Waals surface area contributed by atoms with Gasteiger partial charge in [0.1, 0.15) is 4.66 Å². The molecule has 0 amide bonds. The molecule has 0 bridgehead atoms. The Hall–Kier alpha value is -2.67. The van der Waals surface area contributed by atoms with Gasteiger partial charge in [0.05, 0.1) is 17.0 Å². The zero-order chi connectivity index (χ0) is 15.7. The van der Waals surface area contributed by atoms with Crippen molar-refractivity contribution in [2.75, 3.05) is 0 Å². The molecule has 7 heteroatoms. The fraction of sp³-hybridized carbons (Fsp3) is 0.133. The van der Waals surface area contributed by atoms with Gasteiger partial charge in [-0.25, -0.2) is 0 Å². The molecule has 22 heavy (non-hydrogen) atoms. The minimum atomic E-state index is -0.269. The van der Waals surface area contributed by atoms with Crippen LogP contribution in [0.1, 0.15) is 16.1 Å². The highest BCUT2D eigenvalue weighted by Gasteiger charge is 2.07. The van der Waals surface area contributed by atoms with Crippen molar-refractivity contribution in [3.63, 3.8) is 0 Å². The smallest absolute Gasteiger partial charge is 0.268 e. The van der Waals surface area contributed by atoms with E-state index >= 15 is 0 Å². The first kappa shape index (κ1) is 14.3. The Morgan fingerprint density at radius 3 is 2.86 bits per heavy atom. The number of aromatic nitrogens is 3. The summed E-state index contributed by atoms with van der Waals surface area (Å²) in [6, 6.07) is 3.24. The number of Topliss-reactive ketones (excluding diaryl/α,β-unsaturated/α-hetero) is 1. The highest BCUT2D eigenvalue weighted by molar-refractivity contribution is 7.07. The average molecular weight is 315 g/mol. The van der Waals surface area contributed by atoms with E-state index in [1.807, 2.05) is 13.2 Å². The van der Waals surface area contributed by atoms with Crippen LogP contribution in [0.15, 0.2) is 40.0 Å². The van der Waals surface area contributed by atoms with Crippen LogP contribution in [0.5, 0.6) is 0 Å². The Labute approximate surface area is 129 Å². The Morgan fingerprint density at radius 2 is 2.23 bits per heavy atom. The number of hydrogen-bond donors (Lipinski definition) is 0. The van der Waals surface area contributed by atoms with Gasteiger partial charge in [-0.3, -0.25) is 14.3 Å². The fourth-order valence-electron chi connectivity index (χ4n) is 1.98. The van der Waals surface area contributed by atoms with Crippen molar-refractivity contribution in [3.8, 4) is 0 Å². The number of carbonyl (C=O) groups excluding carboxylic acids is 1. The SMILES string of the molecule is Cn1cc(C=c2sc(=CC(=O)c3ccco3)n(C)c2=O)cn1. The van der Waals surface area contributed by atoms with E-state index in [4.69, 9.17) is 4.42 Å². The number of furan rings is 1. The van der Waals surface area contributed by atoms with Gasteiger partial charge in [0.15, 0.2) is 5.76 Å². The first-order chi connectivity index (χ1) is 10.5. The van der Waals surface area contributed by atoms with E-state index in [0.717, 1.165) is 5.56 Å². The van der Waals surface area contributed by atoms with E-state index in [0.29, 0.717) is 9.20 Å². The van der Waals surface area contributed by atoms with E-state index in [-0.39, 0.29) is 17.1 Å². The van der Waals surface area contributed by atoms with Gasteiger partial charge in [0.25, 0.3) is 5.56 Å². The molecule has 0 atom stereocenters. The molecule has 0 fully saturated rings. The van der Waals surface area contributed by atoms with E-state index in [2.05, 4.69) is 5.10 Å². The van der Waals surface area contributed by atoms with Crippen LogP contribution in [0.4, 0.5) is 0 Å². The average Bonchev–Trinajstić information content (AvgIpc) is 3.19. The normalized spacial score (nSPS) is 13.0. The van der Waals surface area contributed by atoms with Crippen molar-refractivity contribution in [2.24, 2.45) is 14.1 Å². The van der Waals surface area contributed by atoms with Crippen LogP contribution in [0.3, 0.4) is 0 Å². The Bertz CT molecular complexity index is 990. The first-order valence-electron chi connectivity index (χ1n) is 6.50. The van der Waals surface area contributed by atoms with Gasteiger partial charge in [-0.05, 0) is 18.2 Å². The molecule has 3 aromatic rings. The van der Waals surface area contributed by atoms with Crippen molar-refractivity contribution in [3.05, 3.63) is 61.7 Å². The standard InChI is InChI=1S/C15H13N3O3S/c1-17-9-10(8-16-17)6-13-15(20)18(2)14(22-13)7-11(19)12-4-3-5-21-12/h3-9H,1-2H3. The number of thiazole rings is 1. The second kappa shape index (κ2) is 5.61. The third kappa shape index (κ3) is 2.71. The summed E-state index contributed by atoms with van der Waals surface area (Å²) in [5.74, 6) is -0.0200. The summed E-state index contributed by atoms with van der Waals surface area (Å²) in [7, 11) is 3.45. The number of carbonyl (C=O) groups is 1. The number of rotatable bonds is 3. The van der Waals surface area contributed by atoms with E-state index in [1.165, 1.54) is 28.2 Å². The maximum Gasteiger partial charge on any atom is 0.268 e. The molecule has 0 aromatic carbocycles. The molecule has 0 radical (unpaired) electrons. The number of aryl methyl sites for hydroxylation is 1. The second-order valence-corrected chi connectivity index (χ2v) is 5.81. The van der Waals surface area contributed by atoms with Gasteiger partial charge in [-0.2, -0.15) is 5.10 Å². The summed E-state index contributed by atoms with van der Waals surface area (Å²) in [5, 5.41) is 4.06. The summed E-state index contributed by atoms with van der Waals surface area (Å²) < 4.78 is 9.30. The van der Waals surface area contributed by atoms with Crippen molar-refractivity contribution in [1.82, 2.24) is 14.3 Å². The molecule has 0 saturated heterocycles. The highest BCUT2D eigenvalue weighted by atomic mass is 32.1. The fourth-order valence-corrected chi connectivity index (χ4v) is 3.01. The van der Waals surface area contributed by atoms with Crippen LogP contribution in [-0.2, 0) is 14.1 Å². The lowest BCUT2D eigenvalue weighted by Gasteiger charge is -1.89. The van der Waals surface area contributed by atoms with Gasteiger partial charge in [0, 0.05) is 31.9 Å². The lowest BCUT2D eigenvalue weighted by atomic mass is 10.3. The molecule has 3 aromatic heterocycles. The second-order valence-electron chi connectivity index (χ2n) is 4.75. The quantitative estimate of drug-likeness (QED) is 0.650. The van der Waals surface area contributed by atoms with Crippen molar-refractivity contribution < 1.29 is 9.21 Å². The first-order valence-corrected chi connectivity index (χ1v) is 7.32. The molecule has 6 nitrogen and oxygen atoms in total. The summed E-state index contributed by atoms with van der Waals surface area (Å²) >= 11 is 1.26. The van der Waals surface area contributed by atoms with Crippen LogP contribution < -0.4 is 14.8 Å². The van der Waals surface area contributed by atoms with Crippen LogP contribution in [-0.4, -0.2) is 20.1 Å². The highest BCUT2D eigenvalue weighted by Crippen LogP contribution is 2.01. The Morgan fingerprint density at radius 1 is 1.41 bits per heavy atom. The number of nitrogens with zero attached hydrogens (tertiary/aromatic N) is 3. The summed E-state index contributed by atoms with van der Waals surface area (Å²) in [4.78, 5) is 24.3. The van der Waals surface area contributed by atoms with Crippen LogP contribution in [0, 0.1) is 0 Å². The molecule has 0 aliphatic rings. The van der Waals surface area contributed by atoms with Gasteiger partial charge in [0.2, 0.25) is 5.78 Å². The minimum Gasteiger partial charge on any atom is -0.461 e. The summed E-state index contributed by atoms with van der Waals surface area (Å²) in [6.45, 7) is 0. The topological polar surface area (TPSA) is 70.0 Å². The lowest BCUT2D eigenvalue weighted by Crippen LogP contribution is -2.29. The van der Waals surface area contributed by atoms with Crippen LogP contribution >= 0.6 is 11.3 Å². The third-order valence-electron chi connectivity index (χ3n) is 3.10. The molecule has 0 spiro atoms. The molecular formula is C15H13N3O3S. The van der Waals surface area contributed by atoms with Crippen molar-refractivity contribution in [1.29, 1.82) is 0 Å². The molecule has 0 unspecified atom stereocenters. The van der Waals surface area contributed by atoms with Crippen molar-refractivity contribution in [2.45, 2.75) is 0 Å². The summed E-state index contributed by atoms with van der Waals surface area (Å²) in [6.07, 6.45) is 8.10. The van der Waals surface area contributed by atoms with E-state index in [9.17, 15) is 9.59 Å². The Kier molecular flexibility index (Phi) is 3.64. The maximum atomic E-state index is 12.2. The zero-order valence-electron chi connectivity index (χ0n) is 12.0. The molecule has 3 heterocycles. The molecule has 0 saturated carbocycles. The maximum absolute atomic E-state index is 12.2. The minimum absolute atomic E-state index is 0.146. The van der Waals surface area contributed by atoms with Gasteiger partial charge < -0.3 is 8.98 Å².